The van der Waals surface area contributed by atoms with Crippen molar-refractivity contribution in [1.82, 2.24) is 29.7 Å². The van der Waals surface area contributed by atoms with Crippen molar-refractivity contribution in [1.29, 1.82) is 0 Å². The molecule has 5 aromatic rings. The molecule has 3 aromatic heterocycles. The number of nitrogens with one attached hydrogen (secondary N) is 2. The number of aromatic nitrogens is 4. The van der Waals surface area contributed by atoms with Crippen molar-refractivity contribution in [3.63, 3.8) is 0 Å². The maximum absolute atomic E-state index is 13.7. The van der Waals surface area contributed by atoms with E-state index < -0.39 is 11.2 Å². The van der Waals surface area contributed by atoms with E-state index in [2.05, 4.69) is 19.9 Å². The number of carbonyl (C=O) groups excluding carboxylic acids is 2. The first kappa shape index (κ1) is 32.4. The lowest BCUT2D eigenvalue weighted by Gasteiger charge is -2.27. The highest BCUT2D eigenvalue weighted by Gasteiger charge is 2.36. The summed E-state index contributed by atoms with van der Waals surface area (Å²) in [4.78, 5) is 58.8. The van der Waals surface area contributed by atoms with Crippen LogP contribution in [0, 0.1) is 0 Å². The number of imidazole rings is 2. The van der Waals surface area contributed by atoms with E-state index in [-0.39, 0.29) is 29.7 Å². The molecule has 2 amide bonds. The van der Waals surface area contributed by atoms with Crippen molar-refractivity contribution in [3.8, 4) is 22.5 Å². The van der Waals surface area contributed by atoms with Crippen molar-refractivity contribution in [2.75, 3.05) is 13.1 Å². The third kappa shape index (κ3) is 6.51. The van der Waals surface area contributed by atoms with Crippen LogP contribution in [0.15, 0.2) is 58.0 Å². The molecule has 12 nitrogen and oxygen atoms in total. The highest BCUT2D eigenvalue weighted by Crippen LogP contribution is 2.35. The Hall–Kier alpha value is -5.13. The minimum atomic E-state index is -0.582. The summed E-state index contributed by atoms with van der Waals surface area (Å²) in [6, 6.07) is 10.6. The second-order valence-electron chi connectivity index (χ2n) is 14.9. The summed E-state index contributed by atoms with van der Waals surface area (Å²) in [6.07, 6.45) is 6.08. The first-order valence-electron chi connectivity index (χ1n) is 16.8. The normalized spacial score (nSPS) is 18.5. The van der Waals surface area contributed by atoms with Gasteiger partial charge in [0.2, 0.25) is 5.43 Å². The topological polar surface area (TPSA) is 147 Å². The molecule has 0 aliphatic carbocycles. The summed E-state index contributed by atoms with van der Waals surface area (Å²) in [5.41, 5.74) is 2.72. The molecule has 7 rings (SSSR count). The molecule has 2 N–H and O–H groups in total. The van der Waals surface area contributed by atoms with Crippen LogP contribution in [0.2, 0.25) is 0 Å². The Labute approximate surface area is 283 Å². The van der Waals surface area contributed by atoms with E-state index in [4.69, 9.17) is 13.9 Å². The summed E-state index contributed by atoms with van der Waals surface area (Å²) in [5, 5.41) is 0.918. The molecule has 5 heterocycles. The zero-order valence-electron chi connectivity index (χ0n) is 28.8. The maximum atomic E-state index is 13.7. The molecule has 0 spiro atoms. The molecule has 0 saturated carbocycles. The van der Waals surface area contributed by atoms with Crippen LogP contribution in [0.3, 0.4) is 0 Å². The van der Waals surface area contributed by atoms with Gasteiger partial charge in [-0.05, 0) is 97.6 Å². The molecule has 2 aliphatic heterocycles. The van der Waals surface area contributed by atoms with Gasteiger partial charge in [0.1, 0.15) is 34.0 Å². The van der Waals surface area contributed by atoms with E-state index in [0.717, 1.165) is 48.2 Å². The minimum absolute atomic E-state index is 0.138. The molecule has 0 radical (unpaired) electrons. The van der Waals surface area contributed by atoms with Crippen LogP contribution in [0.1, 0.15) is 91.0 Å². The first-order valence-corrected chi connectivity index (χ1v) is 16.8. The number of amides is 2. The fraction of sp³-hybridized carbons (Fsp3) is 0.432. The maximum Gasteiger partial charge on any atom is 0.410 e. The predicted molar refractivity (Wildman–Crippen MR) is 185 cm³/mol. The zero-order chi connectivity index (χ0) is 34.7. The van der Waals surface area contributed by atoms with Crippen LogP contribution in [0.5, 0.6) is 0 Å². The van der Waals surface area contributed by atoms with Gasteiger partial charge in [-0.1, -0.05) is 6.07 Å². The van der Waals surface area contributed by atoms with Crippen LogP contribution >= 0.6 is 0 Å². The summed E-state index contributed by atoms with van der Waals surface area (Å²) < 4.78 is 17.5. The lowest BCUT2D eigenvalue weighted by Crippen LogP contribution is -2.36. The number of ether oxygens (including phenoxy) is 2. The first-order chi connectivity index (χ1) is 23.2. The van der Waals surface area contributed by atoms with Crippen LogP contribution in [-0.2, 0) is 9.47 Å². The van der Waals surface area contributed by atoms with E-state index >= 15 is 0 Å². The smallest absolute Gasteiger partial charge is 0.410 e. The number of fused-ring (bicyclic) bond motifs is 2. The molecule has 2 fully saturated rings. The molecule has 2 saturated heterocycles. The zero-order valence-corrected chi connectivity index (χ0v) is 28.8. The van der Waals surface area contributed by atoms with Gasteiger partial charge in [0.05, 0.1) is 46.6 Å². The lowest BCUT2D eigenvalue weighted by atomic mass is 10.1. The number of H-pyrrole nitrogens is 2. The highest BCUT2D eigenvalue weighted by molar-refractivity contribution is 5.93. The number of hydrogen-bond acceptors (Lipinski definition) is 8. The Morgan fingerprint density at radius 1 is 0.735 bits per heavy atom. The van der Waals surface area contributed by atoms with E-state index in [1.165, 1.54) is 0 Å². The molecule has 0 unspecified atom stereocenters. The van der Waals surface area contributed by atoms with Gasteiger partial charge < -0.3 is 23.9 Å². The number of carbonyl (C=O) groups is 2. The molecule has 49 heavy (non-hydrogen) atoms. The van der Waals surface area contributed by atoms with E-state index in [1.54, 1.807) is 34.3 Å². The number of nitrogens with zero attached hydrogens (tertiary/aromatic N) is 4. The number of benzene rings is 2. The van der Waals surface area contributed by atoms with E-state index in [1.807, 2.05) is 65.8 Å². The minimum Gasteiger partial charge on any atom is -0.456 e. The van der Waals surface area contributed by atoms with Crippen molar-refractivity contribution in [2.45, 2.75) is 90.5 Å². The molecule has 12 heteroatoms. The SMILES string of the molecule is CC(C)(C)OC(=O)N1CCC[C@@H]1c1ncc(-c2ccc3c(=O)c4cc(-c5cnc([C@@H]6CCCN6C(=O)OC(C)(C)C)[nH]5)ccc4oc3c2)[nH]1. The van der Waals surface area contributed by atoms with Gasteiger partial charge in [-0.25, -0.2) is 19.6 Å². The monoisotopic (exact) mass is 666 g/mol. The quantitative estimate of drug-likeness (QED) is 0.184. The number of hydrogen-bond donors (Lipinski definition) is 2. The lowest BCUT2D eigenvalue weighted by molar-refractivity contribution is 0.0208. The molecular formula is C37H42N6O6. The Balaban J connectivity index is 1.13. The van der Waals surface area contributed by atoms with Gasteiger partial charge in [0.15, 0.2) is 0 Å². The highest BCUT2D eigenvalue weighted by atomic mass is 16.6. The second kappa shape index (κ2) is 12.1. The fourth-order valence-electron chi connectivity index (χ4n) is 6.67. The van der Waals surface area contributed by atoms with Gasteiger partial charge in [-0.3, -0.25) is 14.6 Å². The third-order valence-electron chi connectivity index (χ3n) is 8.88. The van der Waals surface area contributed by atoms with Crippen LogP contribution < -0.4 is 5.43 Å². The van der Waals surface area contributed by atoms with Crippen LogP contribution in [0.25, 0.3) is 44.5 Å². The number of rotatable bonds is 4. The predicted octanol–water partition coefficient (Wildman–Crippen LogP) is 7.87. The van der Waals surface area contributed by atoms with Crippen LogP contribution in [0.4, 0.5) is 9.59 Å². The molecule has 256 valence electrons. The van der Waals surface area contributed by atoms with Gasteiger partial charge in [-0.2, -0.15) is 0 Å². The van der Waals surface area contributed by atoms with Gasteiger partial charge >= 0.3 is 12.2 Å². The molecule has 2 atom stereocenters. The molecule has 0 bridgehead atoms. The summed E-state index contributed by atoms with van der Waals surface area (Å²) in [7, 11) is 0. The Morgan fingerprint density at radius 2 is 1.24 bits per heavy atom. The largest absolute Gasteiger partial charge is 0.456 e. The molecule has 2 aliphatic rings. The summed E-state index contributed by atoms with van der Waals surface area (Å²) >= 11 is 0. The third-order valence-corrected chi connectivity index (χ3v) is 8.88. The number of aromatic amines is 2. The average Bonchev–Trinajstić information content (AvgIpc) is 3.85. The molecule has 2 aromatic carbocycles. The Morgan fingerprint density at radius 3 is 1.78 bits per heavy atom. The standard InChI is InChI=1S/C37H42N6O6/c1-36(2,3)48-34(45)42-15-7-9-27(42)32-38-19-25(40-32)21-12-14-29-24(17-21)31(44)23-13-11-22(18-30(23)47-29)26-20-39-33(41-26)28-10-8-16-43(28)35(46)49-37(4,5)6/h11-14,17-20,27-28H,7-10,15-16H2,1-6H3,(H,38,40)(H,39,41)/t27-,28+/m0/s1. The Bertz CT molecular complexity index is 2120. The van der Waals surface area contributed by atoms with E-state index in [9.17, 15) is 14.4 Å². The van der Waals surface area contributed by atoms with Crippen molar-refractivity contribution in [2.24, 2.45) is 0 Å². The van der Waals surface area contributed by atoms with Crippen molar-refractivity contribution >= 4 is 34.1 Å². The van der Waals surface area contributed by atoms with Crippen molar-refractivity contribution in [3.05, 3.63) is 70.7 Å². The van der Waals surface area contributed by atoms with Crippen molar-refractivity contribution < 1.29 is 23.5 Å². The van der Waals surface area contributed by atoms with E-state index in [0.29, 0.717) is 46.7 Å². The fourth-order valence-corrected chi connectivity index (χ4v) is 6.67. The molecular weight excluding hydrogens is 624 g/mol. The second-order valence-corrected chi connectivity index (χ2v) is 14.9. The van der Waals surface area contributed by atoms with Gasteiger partial charge in [0, 0.05) is 24.2 Å². The van der Waals surface area contributed by atoms with Gasteiger partial charge in [-0.15, -0.1) is 0 Å². The van der Waals surface area contributed by atoms with Crippen LogP contribution in [-0.4, -0.2) is 66.2 Å². The summed E-state index contributed by atoms with van der Waals surface area (Å²) in [6.45, 7) is 12.4. The average molecular weight is 667 g/mol. The van der Waals surface area contributed by atoms with Gasteiger partial charge in [0.25, 0.3) is 0 Å². The number of likely N-dealkylation sites (tertiary alicyclic amines) is 2. The summed E-state index contributed by atoms with van der Waals surface area (Å²) in [5.74, 6) is 1.38. The Kier molecular flexibility index (Phi) is 7.99.